The van der Waals surface area contributed by atoms with Crippen molar-refractivity contribution in [3.63, 3.8) is 0 Å². The van der Waals surface area contributed by atoms with Gasteiger partial charge in [-0.25, -0.2) is 10.1 Å². The van der Waals surface area contributed by atoms with Gasteiger partial charge < -0.3 is 0 Å². The number of carbonyl (C=O) groups is 2. The smallest absolute Gasteiger partial charge is 0.273 e. The first kappa shape index (κ1) is 13.4. The molecule has 0 atom stereocenters. The molecule has 0 aromatic carbocycles. The van der Waals surface area contributed by atoms with Crippen LogP contribution in [0.4, 0.5) is 0 Å². The molecule has 1 rings (SSSR count). The Morgan fingerprint density at radius 3 is 1.65 bits per heavy atom. The highest BCUT2D eigenvalue weighted by molar-refractivity contribution is 6.01. The van der Waals surface area contributed by atoms with Gasteiger partial charge in [-0.3, -0.25) is 19.3 Å². The van der Waals surface area contributed by atoms with Crippen LogP contribution in [-0.2, 0) is 19.3 Å². The molecule has 6 nitrogen and oxygen atoms in total. The molecular weight excluding hydrogens is 224 g/mol. The first-order valence-corrected chi connectivity index (χ1v) is 5.05. The van der Waals surface area contributed by atoms with E-state index in [1.807, 2.05) is 0 Å². The molecule has 0 aromatic rings. The van der Waals surface area contributed by atoms with Gasteiger partial charge in [0, 0.05) is 31.7 Å². The zero-order valence-electron chi connectivity index (χ0n) is 10.4. The fourth-order valence-electron chi connectivity index (χ4n) is 1.39. The van der Waals surface area contributed by atoms with Gasteiger partial charge in [0.25, 0.3) is 11.8 Å². The van der Waals surface area contributed by atoms with Gasteiger partial charge in [0.05, 0.1) is 14.2 Å². The zero-order chi connectivity index (χ0) is 13.0. The largest absolute Gasteiger partial charge is 0.274 e. The predicted octanol–water partition coefficient (Wildman–Crippen LogP) is 0.282. The molecule has 0 heterocycles. The van der Waals surface area contributed by atoms with Crippen LogP contribution < -0.4 is 0 Å². The predicted molar refractivity (Wildman–Crippen MR) is 60.3 cm³/mol. The first-order chi connectivity index (χ1) is 8.01. The molecule has 0 spiro atoms. The van der Waals surface area contributed by atoms with Crippen molar-refractivity contribution in [2.75, 3.05) is 28.3 Å². The Morgan fingerprint density at radius 2 is 1.35 bits per heavy atom. The van der Waals surface area contributed by atoms with Crippen LogP contribution in [0, 0.1) is 0 Å². The molecule has 0 saturated carbocycles. The molecule has 0 fully saturated rings. The summed E-state index contributed by atoms with van der Waals surface area (Å²) in [4.78, 5) is 33.0. The van der Waals surface area contributed by atoms with Gasteiger partial charge in [0.2, 0.25) is 0 Å². The van der Waals surface area contributed by atoms with E-state index in [-0.39, 0.29) is 11.8 Å². The van der Waals surface area contributed by atoms with Gasteiger partial charge in [-0.05, 0) is 0 Å². The Hall–Kier alpha value is -1.66. The van der Waals surface area contributed by atoms with E-state index in [4.69, 9.17) is 9.68 Å². The van der Waals surface area contributed by atoms with E-state index in [1.165, 1.54) is 28.3 Å². The fourth-order valence-corrected chi connectivity index (χ4v) is 1.39. The Balaban J connectivity index is 2.62. The highest BCUT2D eigenvalue weighted by Crippen LogP contribution is 2.22. The Kier molecular flexibility index (Phi) is 4.42. The molecule has 0 aliphatic heterocycles. The second-order valence-corrected chi connectivity index (χ2v) is 3.53. The van der Waals surface area contributed by atoms with Crippen molar-refractivity contribution in [1.82, 2.24) is 10.1 Å². The van der Waals surface area contributed by atoms with Crippen molar-refractivity contribution in [3.8, 4) is 0 Å². The average Bonchev–Trinajstić information content (AvgIpc) is 2.84. The highest BCUT2D eigenvalue weighted by atomic mass is 16.7. The van der Waals surface area contributed by atoms with Crippen molar-refractivity contribution < 1.29 is 19.3 Å². The SMILES string of the molecule is CON(C)C(=O)C1=CC=C(C(=O)N(C)OC)C1. The Morgan fingerprint density at radius 1 is 1.00 bits per heavy atom. The van der Waals surface area contributed by atoms with Gasteiger partial charge in [-0.2, -0.15) is 0 Å². The minimum Gasteiger partial charge on any atom is -0.274 e. The molecular formula is C11H16N2O4. The highest BCUT2D eigenvalue weighted by Gasteiger charge is 2.24. The number of rotatable bonds is 4. The van der Waals surface area contributed by atoms with Crippen LogP contribution in [0.25, 0.3) is 0 Å². The summed E-state index contributed by atoms with van der Waals surface area (Å²) in [5, 5.41) is 2.24. The van der Waals surface area contributed by atoms with Crippen LogP contribution in [-0.4, -0.2) is 50.3 Å². The molecule has 1 aliphatic rings. The number of amides is 2. The number of likely N-dealkylation sites (N-methyl/N-ethyl adjacent to an activating group) is 2. The van der Waals surface area contributed by atoms with Crippen molar-refractivity contribution in [2.24, 2.45) is 0 Å². The van der Waals surface area contributed by atoms with Gasteiger partial charge in [0.1, 0.15) is 0 Å². The Bertz CT molecular complexity index is 351. The summed E-state index contributed by atoms with van der Waals surface area (Å²) in [6, 6.07) is 0. The molecule has 2 amide bonds. The molecule has 17 heavy (non-hydrogen) atoms. The van der Waals surface area contributed by atoms with E-state index >= 15 is 0 Å². The minimum atomic E-state index is -0.258. The van der Waals surface area contributed by atoms with Crippen molar-refractivity contribution in [1.29, 1.82) is 0 Å². The van der Waals surface area contributed by atoms with Crippen LogP contribution in [0.3, 0.4) is 0 Å². The molecule has 6 heteroatoms. The number of allylic oxidation sites excluding steroid dienone is 2. The van der Waals surface area contributed by atoms with Gasteiger partial charge >= 0.3 is 0 Å². The summed E-state index contributed by atoms with van der Waals surface area (Å²) in [7, 11) is 5.85. The molecule has 0 saturated heterocycles. The third-order valence-electron chi connectivity index (χ3n) is 2.54. The van der Waals surface area contributed by atoms with Crippen LogP contribution in [0.1, 0.15) is 6.42 Å². The third-order valence-corrected chi connectivity index (χ3v) is 2.54. The van der Waals surface area contributed by atoms with Crippen LogP contribution >= 0.6 is 0 Å². The van der Waals surface area contributed by atoms with Gasteiger partial charge in [0.15, 0.2) is 0 Å². The minimum absolute atomic E-state index is 0.258. The molecule has 0 bridgehead atoms. The van der Waals surface area contributed by atoms with E-state index in [0.29, 0.717) is 17.6 Å². The lowest BCUT2D eigenvalue weighted by Crippen LogP contribution is -2.29. The van der Waals surface area contributed by atoms with Crippen LogP contribution in [0.2, 0.25) is 0 Å². The lowest BCUT2D eigenvalue weighted by Gasteiger charge is -2.16. The first-order valence-electron chi connectivity index (χ1n) is 5.05. The number of hydroxylamine groups is 4. The van der Waals surface area contributed by atoms with E-state index in [9.17, 15) is 9.59 Å². The standard InChI is InChI=1S/C11H16N2O4/c1-12(16-3)10(14)8-5-6-9(7-8)11(15)13(2)17-4/h5-6H,7H2,1-4H3. The second-order valence-electron chi connectivity index (χ2n) is 3.53. The zero-order valence-corrected chi connectivity index (χ0v) is 10.4. The summed E-state index contributed by atoms with van der Waals surface area (Å²) < 4.78 is 0. The summed E-state index contributed by atoms with van der Waals surface area (Å²) in [5.74, 6) is -0.516. The number of hydrogen-bond acceptors (Lipinski definition) is 4. The van der Waals surface area contributed by atoms with Crippen molar-refractivity contribution in [3.05, 3.63) is 23.3 Å². The second kappa shape index (κ2) is 5.60. The Labute approximate surface area is 100.0 Å². The average molecular weight is 240 g/mol. The summed E-state index contributed by atoms with van der Waals surface area (Å²) in [6.07, 6.45) is 3.53. The summed E-state index contributed by atoms with van der Waals surface area (Å²) in [6.45, 7) is 0. The lowest BCUT2D eigenvalue weighted by molar-refractivity contribution is -0.164. The maximum Gasteiger partial charge on any atom is 0.273 e. The molecule has 0 aromatic heterocycles. The normalized spacial score (nSPS) is 14.1. The lowest BCUT2D eigenvalue weighted by atomic mass is 10.1. The molecule has 1 aliphatic carbocycles. The number of nitrogens with zero attached hydrogens (tertiary/aromatic N) is 2. The number of hydrogen-bond donors (Lipinski definition) is 0. The van der Waals surface area contributed by atoms with E-state index < -0.39 is 0 Å². The molecule has 0 N–H and O–H groups in total. The maximum absolute atomic E-state index is 11.7. The van der Waals surface area contributed by atoms with Crippen LogP contribution in [0.15, 0.2) is 23.3 Å². The quantitative estimate of drug-likeness (QED) is 0.662. The van der Waals surface area contributed by atoms with Gasteiger partial charge in [-0.15, -0.1) is 0 Å². The monoisotopic (exact) mass is 240 g/mol. The summed E-state index contributed by atoms with van der Waals surface area (Å²) >= 11 is 0. The van der Waals surface area contributed by atoms with E-state index in [2.05, 4.69) is 0 Å². The third kappa shape index (κ3) is 2.92. The summed E-state index contributed by atoms with van der Waals surface area (Å²) in [5.41, 5.74) is 1.03. The molecule has 94 valence electrons. The van der Waals surface area contributed by atoms with E-state index in [0.717, 1.165) is 10.1 Å². The topological polar surface area (TPSA) is 59.1 Å². The van der Waals surface area contributed by atoms with Crippen molar-refractivity contribution in [2.45, 2.75) is 6.42 Å². The van der Waals surface area contributed by atoms with Crippen LogP contribution in [0.5, 0.6) is 0 Å². The maximum atomic E-state index is 11.7. The molecule has 0 unspecified atom stereocenters. The fraction of sp³-hybridized carbons (Fsp3) is 0.455. The number of carbonyl (C=O) groups excluding carboxylic acids is 2. The van der Waals surface area contributed by atoms with Gasteiger partial charge in [-0.1, -0.05) is 12.2 Å². The molecule has 0 radical (unpaired) electrons. The van der Waals surface area contributed by atoms with E-state index in [1.54, 1.807) is 12.2 Å². The van der Waals surface area contributed by atoms with Crippen molar-refractivity contribution >= 4 is 11.8 Å².